The molecule has 0 aliphatic rings. The molecule has 0 radical (unpaired) electrons. The first-order chi connectivity index (χ1) is 19.8. The molecule has 4 aromatic rings. The van der Waals surface area contributed by atoms with Crippen LogP contribution in [0.25, 0.3) is 0 Å². The summed E-state index contributed by atoms with van der Waals surface area (Å²) < 4.78 is 0. The molecule has 0 saturated heterocycles. The van der Waals surface area contributed by atoms with Gasteiger partial charge in [0.25, 0.3) is 0 Å². The smallest absolute Gasteiger partial charge is 0.0372 e. The molecule has 4 rings (SSSR count). The van der Waals surface area contributed by atoms with Gasteiger partial charge >= 0.3 is 0 Å². The van der Waals surface area contributed by atoms with E-state index < -0.39 is 0 Å². The number of hydrogen-bond donors (Lipinski definition) is 0. The molecule has 0 aliphatic heterocycles. The van der Waals surface area contributed by atoms with Crippen LogP contribution in [0, 0.1) is 26.7 Å². The Bertz CT molecular complexity index is 1050. The van der Waals surface area contributed by atoms with Crippen LogP contribution in [0.5, 0.6) is 0 Å². The van der Waals surface area contributed by atoms with E-state index in [0.29, 0.717) is 17.8 Å². The molecule has 0 spiro atoms. The average molecular weight is 637 g/mol. The van der Waals surface area contributed by atoms with Crippen molar-refractivity contribution in [3.8, 4) is 0 Å². The van der Waals surface area contributed by atoms with Gasteiger partial charge < -0.3 is 0 Å². The quantitative estimate of drug-likeness (QED) is 0.224. The molecule has 0 amide bonds. The van der Waals surface area contributed by atoms with Gasteiger partial charge in [0.1, 0.15) is 0 Å². The van der Waals surface area contributed by atoms with Crippen molar-refractivity contribution in [2.75, 3.05) is 0 Å². The fourth-order valence-electron chi connectivity index (χ4n) is 2.81. The molecule has 4 heterocycles. The maximum atomic E-state index is 4.20. The zero-order valence-electron chi connectivity index (χ0n) is 29.2. The number of aromatic nitrogens is 4. The topological polar surface area (TPSA) is 51.6 Å². The second kappa shape index (κ2) is 34.5. The van der Waals surface area contributed by atoms with E-state index in [1.165, 1.54) is 16.7 Å². The summed E-state index contributed by atoms with van der Waals surface area (Å²) in [6, 6.07) is 18.3. The van der Waals surface area contributed by atoms with Gasteiger partial charge in [-0.1, -0.05) is 130 Å². The number of nitrogens with zero attached hydrogens (tertiary/aromatic N) is 4. The van der Waals surface area contributed by atoms with Gasteiger partial charge in [-0.2, -0.15) is 0 Å². The highest BCUT2D eigenvalue weighted by Gasteiger charge is 1.97. The number of rotatable bonds is 3. The highest BCUT2D eigenvalue weighted by molar-refractivity contribution is 5.17. The first-order valence-corrected chi connectivity index (χ1v) is 15.5. The molecule has 46 heavy (non-hydrogen) atoms. The van der Waals surface area contributed by atoms with Gasteiger partial charge in [0, 0.05) is 48.1 Å². The maximum absolute atomic E-state index is 4.20. The molecule has 4 aromatic heterocycles. The van der Waals surface area contributed by atoms with E-state index in [1.807, 2.05) is 77.5 Å². The maximum Gasteiger partial charge on any atom is 0.0372 e. The van der Waals surface area contributed by atoms with Crippen LogP contribution in [0.2, 0.25) is 0 Å². The second-order valence-electron chi connectivity index (χ2n) is 11.4. The summed E-state index contributed by atoms with van der Waals surface area (Å²) in [5, 5.41) is 0. The third-order valence-electron chi connectivity index (χ3n) is 5.37. The Morgan fingerprint density at radius 2 is 0.783 bits per heavy atom. The predicted octanol–water partition coefficient (Wildman–Crippen LogP) is 13.9. The lowest BCUT2D eigenvalue weighted by Crippen LogP contribution is -1.88. The van der Waals surface area contributed by atoms with Gasteiger partial charge in [-0.15, -0.1) is 0 Å². The van der Waals surface area contributed by atoms with Crippen molar-refractivity contribution in [1.82, 2.24) is 19.9 Å². The van der Waals surface area contributed by atoms with E-state index in [4.69, 9.17) is 0 Å². The average Bonchev–Trinajstić information content (AvgIpc) is 2.96. The van der Waals surface area contributed by atoms with Gasteiger partial charge in [-0.05, 0) is 91.5 Å². The Kier molecular flexibility index (Phi) is 41.2. The van der Waals surface area contributed by atoms with E-state index >= 15 is 0 Å². The van der Waals surface area contributed by atoms with Crippen molar-refractivity contribution >= 4 is 0 Å². The van der Waals surface area contributed by atoms with Crippen molar-refractivity contribution in [3.63, 3.8) is 0 Å². The molecule has 4 nitrogen and oxygen atoms in total. The Morgan fingerprint density at radius 1 is 0.413 bits per heavy atom. The summed E-state index contributed by atoms with van der Waals surface area (Å²) in [7, 11) is 0. The number of aryl methyl sites for hydroxylation is 3. The summed E-state index contributed by atoms with van der Waals surface area (Å²) in [5.41, 5.74) is 7.17. The van der Waals surface area contributed by atoms with Gasteiger partial charge in [-0.3, -0.25) is 19.9 Å². The molecule has 0 atom stereocenters. The summed E-state index contributed by atoms with van der Waals surface area (Å²) in [5.74, 6) is 2.61. The lowest BCUT2D eigenvalue weighted by atomic mass is 10.1. The normalized spacial score (nSPS) is 8.74. The molecule has 264 valence electrons. The van der Waals surface area contributed by atoms with Crippen LogP contribution in [-0.2, 0) is 0 Å². The van der Waals surface area contributed by atoms with Gasteiger partial charge in [-0.25, -0.2) is 0 Å². The molecule has 4 heteroatoms. The third-order valence-corrected chi connectivity index (χ3v) is 5.37. The highest BCUT2D eigenvalue weighted by atomic mass is 14.7. The minimum atomic E-state index is 0. The van der Waals surface area contributed by atoms with Gasteiger partial charge in [0.2, 0.25) is 0 Å². The molecule has 0 bridgehead atoms. The van der Waals surface area contributed by atoms with E-state index in [-0.39, 0.29) is 29.7 Å². The molecule has 0 fully saturated rings. The standard InChI is InChI=1S/2C9H13N.C8H11N.C6H7N.C4H10.C2H6.4CH4/c2*1-7(2)9-5-4-8(3)10-6-9;1-7(2)8-4-3-5-9-6-8;1-6-4-2-3-5-7-6;1-4(2)3;1-2;;;;/h2*4-7H,1-3H3;3-7H,1-2H3;2-5H,1H3;4H,1-3H3;1-2H3;4*1H4. The van der Waals surface area contributed by atoms with Crippen LogP contribution in [0.15, 0.2) is 85.6 Å². The molecule has 0 aliphatic carbocycles. The molecular formula is C42H76N4. The molecule has 0 aromatic carbocycles. The summed E-state index contributed by atoms with van der Waals surface area (Å²) in [6.07, 6.45) is 9.38. The first kappa shape index (κ1) is 55.0. The minimum absolute atomic E-state index is 0. The number of pyridine rings is 4. The van der Waals surface area contributed by atoms with Crippen molar-refractivity contribution in [3.05, 3.63) is 119 Å². The second-order valence-corrected chi connectivity index (χ2v) is 11.4. The van der Waals surface area contributed by atoms with Gasteiger partial charge in [0.05, 0.1) is 0 Å². The SMILES string of the molecule is C.C.C.C.CC.CC(C)C.CC(C)c1cccnc1.Cc1ccc(C(C)C)cn1.Cc1ccc(C(C)C)cn1.Cc1ccccn1. The molecule has 0 N–H and O–H groups in total. The molecular weight excluding hydrogens is 560 g/mol. The first-order valence-electron chi connectivity index (χ1n) is 15.5. The molecule has 0 saturated carbocycles. The lowest BCUT2D eigenvalue weighted by molar-refractivity contribution is 0.737. The van der Waals surface area contributed by atoms with Crippen LogP contribution in [0.1, 0.15) is 157 Å². The van der Waals surface area contributed by atoms with Crippen LogP contribution < -0.4 is 0 Å². The Balaban J connectivity index is -0.000000107. The van der Waals surface area contributed by atoms with Crippen LogP contribution in [0.4, 0.5) is 0 Å². The predicted molar refractivity (Wildman–Crippen MR) is 212 cm³/mol. The Hall–Kier alpha value is -3.40. The monoisotopic (exact) mass is 637 g/mol. The zero-order chi connectivity index (χ0) is 32.5. The van der Waals surface area contributed by atoms with Gasteiger partial charge in [0.15, 0.2) is 0 Å². The van der Waals surface area contributed by atoms with Crippen molar-refractivity contribution in [2.24, 2.45) is 5.92 Å². The number of hydrogen-bond acceptors (Lipinski definition) is 4. The summed E-state index contributed by atoms with van der Waals surface area (Å²) in [4.78, 5) is 16.4. The fourth-order valence-corrected chi connectivity index (χ4v) is 2.81. The van der Waals surface area contributed by atoms with E-state index in [1.54, 1.807) is 12.4 Å². The lowest BCUT2D eigenvalue weighted by Gasteiger charge is -2.02. The Morgan fingerprint density at radius 3 is 0.978 bits per heavy atom. The summed E-state index contributed by atoms with van der Waals surface area (Å²) >= 11 is 0. The van der Waals surface area contributed by atoms with Crippen molar-refractivity contribution < 1.29 is 0 Å². The zero-order valence-corrected chi connectivity index (χ0v) is 29.2. The van der Waals surface area contributed by atoms with E-state index in [2.05, 4.69) is 113 Å². The minimum Gasteiger partial charge on any atom is -0.264 e. The van der Waals surface area contributed by atoms with E-state index in [9.17, 15) is 0 Å². The van der Waals surface area contributed by atoms with Crippen LogP contribution in [0.3, 0.4) is 0 Å². The van der Waals surface area contributed by atoms with Crippen molar-refractivity contribution in [2.45, 2.75) is 144 Å². The largest absolute Gasteiger partial charge is 0.264 e. The Labute approximate surface area is 289 Å². The molecule has 0 unspecified atom stereocenters. The van der Waals surface area contributed by atoms with Crippen LogP contribution >= 0.6 is 0 Å². The summed E-state index contributed by atoms with van der Waals surface area (Å²) in [6.45, 7) is 29.5. The van der Waals surface area contributed by atoms with E-state index in [0.717, 1.165) is 23.0 Å². The highest BCUT2D eigenvalue weighted by Crippen LogP contribution is 2.13. The fraction of sp³-hybridized carbons (Fsp3) is 0.524. The van der Waals surface area contributed by atoms with Crippen LogP contribution in [-0.4, -0.2) is 19.9 Å². The third kappa shape index (κ3) is 32.0. The van der Waals surface area contributed by atoms with Crippen molar-refractivity contribution in [1.29, 1.82) is 0 Å².